The van der Waals surface area contributed by atoms with Gasteiger partial charge in [0.05, 0.1) is 13.3 Å². The van der Waals surface area contributed by atoms with Crippen LogP contribution in [0.5, 0.6) is 5.75 Å². The van der Waals surface area contributed by atoms with E-state index in [9.17, 15) is 4.79 Å². The van der Waals surface area contributed by atoms with Gasteiger partial charge in [0.15, 0.2) is 0 Å². The van der Waals surface area contributed by atoms with E-state index in [0.29, 0.717) is 6.04 Å². The molecule has 8 nitrogen and oxygen atoms in total. The molecule has 8 heteroatoms. The van der Waals surface area contributed by atoms with Gasteiger partial charge < -0.3 is 20.3 Å². The number of hydrogen-bond donors (Lipinski definition) is 2. The van der Waals surface area contributed by atoms with Crippen LogP contribution in [0.2, 0.25) is 0 Å². The second-order valence-electron chi connectivity index (χ2n) is 7.10. The largest absolute Gasteiger partial charge is 0.495 e. The highest BCUT2D eigenvalue weighted by atomic mass is 16.5. The van der Waals surface area contributed by atoms with Crippen LogP contribution in [0, 0.1) is 13.8 Å². The van der Waals surface area contributed by atoms with Gasteiger partial charge in [-0.3, -0.25) is 9.78 Å². The third-order valence-electron chi connectivity index (χ3n) is 5.27. The standard InChI is InChI=1S/C20H28N6O2/c1-12-13(2)24-18(20(27)21-4)25-19(12)26-9-7-15(11-26)23-14(3)16-6-8-22-10-17(16)28-5/h6,8,10,14-15,23H,7,9,11H2,1-5H3,(H,21,27)/t14?,15-/m1/s1. The Kier molecular flexibility index (Phi) is 6.08. The van der Waals surface area contributed by atoms with Crippen LogP contribution >= 0.6 is 0 Å². The molecule has 0 aromatic carbocycles. The van der Waals surface area contributed by atoms with Crippen molar-refractivity contribution >= 4 is 11.7 Å². The third kappa shape index (κ3) is 4.06. The average Bonchev–Trinajstić information content (AvgIpc) is 3.17. The van der Waals surface area contributed by atoms with Crippen LogP contribution in [-0.2, 0) is 0 Å². The SMILES string of the molecule is CNC(=O)c1nc(C)c(C)c(N2CC[C@@H](NC(C)c3ccncc3OC)C2)n1. The zero-order chi connectivity index (χ0) is 20.3. The fourth-order valence-corrected chi connectivity index (χ4v) is 3.59. The highest BCUT2D eigenvalue weighted by molar-refractivity contribution is 5.90. The maximum Gasteiger partial charge on any atom is 0.288 e. The van der Waals surface area contributed by atoms with Crippen molar-refractivity contribution in [2.75, 3.05) is 32.1 Å². The van der Waals surface area contributed by atoms with E-state index in [2.05, 4.69) is 37.4 Å². The van der Waals surface area contributed by atoms with Crippen LogP contribution in [0.1, 0.15) is 46.8 Å². The average molecular weight is 384 g/mol. The number of nitrogens with one attached hydrogen (secondary N) is 2. The maximum atomic E-state index is 12.0. The van der Waals surface area contributed by atoms with Gasteiger partial charge in [-0.2, -0.15) is 0 Å². The molecule has 3 rings (SSSR count). The molecule has 0 radical (unpaired) electrons. The molecule has 2 aromatic rings. The van der Waals surface area contributed by atoms with Gasteiger partial charge in [0.2, 0.25) is 5.82 Å². The number of rotatable bonds is 6. The number of aryl methyl sites for hydroxylation is 1. The number of ether oxygens (including phenoxy) is 1. The summed E-state index contributed by atoms with van der Waals surface area (Å²) in [4.78, 5) is 27.2. The van der Waals surface area contributed by atoms with Crippen molar-refractivity contribution in [3.05, 3.63) is 41.1 Å². The number of anilines is 1. The quantitative estimate of drug-likeness (QED) is 0.784. The summed E-state index contributed by atoms with van der Waals surface area (Å²) in [6.07, 6.45) is 4.52. The van der Waals surface area contributed by atoms with Crippen LogP contribution in [0.4, 0.5) is 5.82 Å². The Balaban J connectivity index is 1.73. The summed E-state index contributed by atoms with van der Waals surface area (Å²) in [5, 5.41) is 6.28. The Morgan fingerprint density at radius 3 is 2.86 bits per heavy atom. The fourth-order valence-electron chi connectivity index (χ4n) is 3.59. The zero-order valence-electron chi connectivity index (χ0n) is 17.1. The number of amides is 1. The van der Waals surface area contributed by atoms with Gasteiger partial charge in [-0.1, -0.05) is 0 Å². The molecule has 1 amide bonds. The van der Waals surface area contributed by atoms with Crippen molar-refractivity contribution in [2.45, 2.75) is 39.3 Å². The Bertz CT molecular complexity index is 857. The molecular weight excluding hydrogens is 356 g/mol. The van der Waals surface area contributed by atoms with E-state index in [0.717, 1.165) is 47.9 Å². The zero-order valence-corrected chi connectivity index (χ0v) is 17.1. The van der Waals surface area contributed by atoms with Crippen LogP contribution in [0.15, 0.2) is 18.5 Å². The van der Waals surface area contributed by atoms with Gasteiger partial charge in [0, 0.05) is 55.2 Å². The van der Waals surface area contributed by atoms with E-state index in [1.165, 1.54) is 0 Å². The van der Waals surface area contributed by atoms with Crippen molar-refractivity contribution in [3.8, 4) is 5.75 Å². The van der Waals surface area contributed by atoms with Crippen LogP contribution in [-0.4, -0.2) is 54.1 Å². The maximum absolute atomic E-state index is 12.0. The summed E-state index contributed by atoms with van der Waals surface area (Å²) < 4.78 is 5.43. The second-order valence-corrected chi connectivity index (χ2v) is 7.10. The molecule has 1 fully saturated rings. The molecule has 2 N–H and O–H groups in total. The molecule has 1 saturated heterocycles. The first-order valence-electron chi connectivity index (χ1n) is 9.50. The Morgan fingerprint density at radius 2 is 2.14 bits per heavy atom. The summed E-state index contributed by atoms with van der Waals surface area (Å²) in [5.41, 5.74) is 2.93. The normalized spacial score (nSPS) is 17.5. The minimum atomic E-state index is -0.267. The van der Waals surface area contributed by atoms with Gasteiger partial charge in [-0.25, -0.2) is 9.97 Å². The van der Waals surface area contributed by atoms with Crippen LogP contribution in [0.25, 0.3) is 0 Å². The number of hydrogen-bond acceptors (Lipinski definition) is 7. The topological polar surface area (TPSA) is 92.3 Å². The number of carbonyl (C=O) groups excluding carboxylic acids is 1. The van der Waals surface area contributed by atoms with E-state index in [1.54, 1.807) is 26.6 Å². The highest BCUT2D eigenvalue weighted by Gasteiger charge is 2.28. The predicted octanol–water partition coefficient (Wildman–Crippen LogP) is 1.79. The van der Waals surface area contributed by atoms with Crippen molar-refractivity contribution in [3.63, 3.8) is 0 Å². The monoisotopic (exact) mass is 384 g/mol. The van der Waals surface area contributed by atoms with Crippen LogP contribution in [0.3, 0.4) is 0 Å². The Labute approximate surface area is 165 Å². The fraction of sp³-hybridized carbons (Fsp3) is 0.500. The lowest BCUT2D eigenvalue weighted by molar-refractivity contribution is 0.0952. The van der Waals surface area contributed by atoms with Crippen molar-refractivity contribution in [1.82, 2.24) is 25.6 Å². The number of nitrogens with zero attached hydrogens (tertiary/aromatic N) is 4. The Hall–Kier alpha value is -2.74. The van der Waals surface area contributed by atoms with E-state index in [-0.39, 0.29) is 17.8 Å². The minimum absolute atomic E-state index is 0.137. The smallest absolute Gasteiger partial charge is 0.288 e. The number of aromatic nitrogens is 3. The summed E-state index contributed by atoms with van der Waals surface area (Å²) in [7, 11) is 3.25. The molecule has 150 valence electrons. The van der Waals surface area contributed by atoms with Gasteiger partial charge in [-0.15, -0.1) is 0 Å². The number of pyridine rings is 1. The first kappa shape index (κ1) is 20.0. The summed E-state index contributed by atoms with van der Waals surface area (Å²) in [6, 6.07) is 2.43. The molecule has 1 aliphatic heterocycles. The Morgan fingerprint density at radius 1 is 1.36 bits per heavy atom. The number of methoxy groups -OCH3 is 1. The van der Waals surface area contributed by atoms with Gasteiger partial charge >= 0.3 is 0 Å². The predicted molar refractivity (Wildman–Crippen MR) is 108 cm³/mol. The number of carbonyl (C=O) groups is 1. The molecule has 0 saturated carbocycles. The molecule has 0 aliphatic carbocycles. The van der Waals surface area contributed by atoms with E-state index < -0.39 is 0 Å². The first-order chi connectivity index (χ1) is 13.4. The van der Waals surface area contributed by atoms with Crippen molar-refractivity contribution in [1.29, 1.82) is 0 Å². The van der Waals surface area contributed by atoms with E-state index in [4.69, 9.17) is 4.74 Å². The van der Waals surface area contributed by atoms with E-state index >= 15 is 0 Å². The minimum Gasteiger partial charge on any atom is -0.495 e. The molecule has 0 bridgehead atoms. The van der Waals surface area contributed by atoms with Crippen molar-refractivity contribution in [2.24, 2.45) is 0 Å². The highest BCUT2D eigenvalue weighted by Crippen LogP contribution is 2.27. The van der Waals surface area contributed by atoms with Crippen molar-refractivity contribution < 1.29 is 9.53 Å². The van der Waals surface area contributed by atoms with Gasteiger partial charge in [-0.05, 0) is 33.3 Å². The second kappa shape index (κ2) is 8.52. The first-order valence-corrected chi connectivity index (χ1v) is 9.50. The summed E-state index contributed by atoms with van der Waals surface area (Å²) >= 11 is 0. The molecule has 28 heavy (non-hydrogen) atoms. The molecule has 0 spiro atoms. The van der Waals surface area contributed by atoms with Gasteiger partial charge in [0.1, 0.15) is 11.6 Å². The third-order valence-corrected chi connectivity index (χ3v) is 5.27. The molecule has 2 aromatic heterocycles. The molecule has 2 atom stereocenters. The summed E-state index contributed by atoms with van der Waals surface area (Å²) in [6.45, 7) is 7.74. The molecular formula is C20H28N6O2. The summed E-state index contributed by atoms with van der Waals surface area (Å²) in [5.74, 6) is 1.57. The molecule has 1 unspecified atom stereocenters. The lowest BCUT2D eigenvalue weighted by Gasteiger charge is -2.23. The van der Waals surface area contributed by atoms with E-state index in [1.807, 2.05) is 19.9 Å². The molecule has 1 aliphatic rings. The lowest BCUT2D eigenvalue weighted by Crippen LogP contribution is -2.35. The lowest BCUT2D eigenvalue weighted by atomic mass is 10.1. The van der Waals surface area contributed by atoms with Crippen LogP contribution < -0.4 is 20.3 Å². The van der Waals surface area contributed by atoms with Gasteiger partial charge in [0.25, 0.3) is 5.91 Å². The molecule has 3 heterocycles.